The first-order valence-corrected chi connectivity index (χ1v) is 14.8. The Morgan fingerprint density at radius 3 is 2.41 bits per heavy atom. The number of hydrogen-bond acceptors (Lipinski definition) is 6. The van der Waals surface area contributed by atoms with Crippen molar-refractivity contribution in [1.82, 2.24) is 19.9 Å². The first-order chi connectivity index (χ1) is 19.8. The lowest BCUT2D eigenvalue weighted by molar-refractivity contribution is -0.128. The highest BCUT2D eigenvalue weighted by Crippen LogP contribution is 2.20. The van der Waals surface area contributed by atoms with Gasteiger partial charge in [-0.2, -0.15) is 4.31 Å². The number of amides is 2. The van der Waals surface area contributed by atoms with Crippen LogP contribution in [-0.4, -0.2) is 60.5 Å². The van der Waals surface area contributed by atoms with Crippen LogP contribution in [-0.2, 0) is 26.0 Å². The van der Waals surface area contributed by atoms with Gasteiger partial charge in [0.05, 0.1) is 6.04 Å². The van der Waals surface area contributed by atoms with Gasteiger partial charge in [0.2, 0.25) is 5.91 Å². The molecule has 2 amide bonds. The van der Waals surface area contributed by atoms with E-state index in [-0.39, 0.29) is 43.2 Å². The summed E-state index contributed by atoms with van der Waals surface area (Å²) in [5.74, 6) is -1.18. The zero-order valence-corrected chi connectivity index (χ0v) is 23.1. The highest BCUT2D eigenvalue weighted by Gasteiger charge is 2.34. The van der Waals surface area contributed by atoms with E-state index in [1.807, 2.05) is 60.7 Å². The molecule has 2 atom stereocenters. The maximum atomic E-state index is 13.6. The molecule has 2 heterocycles. The van der Waals surface area contributed by atoms with Gasteiger partial charge in [0.15, 0.2) is 10.8 Å². The number of aromatic nitrogens is 1. The number of fused-ring (bicyclic) bond motifs is 1. The van der Waals surface area contributed by atoms with E-state index >= 15 is 0 Å². The van der Waals surface area contributed by atoms with Crippen LogP contribution in [0.4, 0.5) is 0 Å². The van der Waals surface area contributed by atoms with E-state index < -0.39 is 33.9 Å². The van der Waals surface area contributed by atoms with Crippen LogP contribution in [0.2, 0.25) is 0 Å². The van der Waals surface area contributed by atoms with Crippen LogP contribution in [0.25, 0.3) is 10.8 Å². The molecule has 0 saturated carbocycles. The third-order valence-corrected chi connectivity index (χ3v) is 8.98. The number of nitrogens with one attached hydrogen (secondary N) is 2. The number of Topliss-reactive ketones (excluding diaryl/α,β-unsaturated/α-hetero) is 1. The zero-order chi connectivity index (χ0) is 28.8. The lowest BCUT2D eigenvalue weighted by Crippen LogP contribution is -2.52. The van der Waals surface area contributed by atoms with Crippen molar-refractivity contribution in [3.63, 3.8) is 0 Å². The van der Waals surface area contributed by atoms with E-state index in [4.69, 9.17) is 0 Å². The number of carbonyl (C=O) groups excluding carboxylic acids is 3. The third kappa shape index (κ3) is 6.50. The van der Waals surface area contributed by atoms with Crippen molar-refractivity contribution in [2.45, 2.75) is 36.4 Å². The fourth-order valence-corrected chi connectivity index (χ4v) is 6.36. The van der Waals surface area contributed by atoms with E-state index in [1.165, 1.54) is 16.6 Å². The monoisotopic (exact) mass is 570 g/mol. The van der Waals surface area contributed by atoms with Crippen molar-refractivity contribution < 1.29 is 22.8 Å². The second kappa shape index (κ2) is 12.4. The Bertz CT molecular complexity index is 1660. The average Bonchev–Trinajstić information content (AvgIpc) is 3.18. The molecule has 9 nitrogen and oxygen atoms in total. The predicted molar refractivity (Wildman–Crippen MR) is 155 cm³/mol. The van der Waals surface area contributed by atoms with Gasteiger partial charge in [-0.1, -0.05) is 72.8 Å². The van der Waals surface area contributed by atoms with Gasteiger partial charge in [0.1, 0.15) is 6.04 Å². The van der Waals surface area contributed by atoms with Gasteiger partial charge in [0, 0.05) is 37.7 Å². The van der Waals surface area contributed by atoms with Crippen LogP contribution in [0.5, 0.6) is 0 Å². The van der Waals surface area contributed by atoms with Gasteiger partial charge in [0.25, 0.3) is 15.9 Å². The predicted octanol–water partition coefficient (Wildman–Crippen LogP) is 3.11. The molecular weight excluding hydrogens is 540 g/mol. The topological polar surface area (TPSA) is 126 Å². The van der Waals surface area contributed by atoms with Crippen LogP contribution < -0.4 is 10.6 Å². The van der Waals surface area contributed by atoms with Crippen molar-refractivity contribution >= 4 is 38.4 Å². The number of sulfonamides is 1. The van der Waals surface area contributed by atoms with Crippen LogP contribution in [0.1, 0.15) is 28.8 Å². The van der Waals surface area contributed by atoms with E-state index in [1.54, 1.807) is 24.3 Å². The number of hydrogen-bond donors (Lipinski definition) is 2. The molecule has 0 unspecified atom stereocenters. The molecule has 1 aromatic heterocycles. The summed E-state index contributed by atoms with van der Waals surface area (Å²) in [6, 6.07) is 25.0. The van der Waals surface area contributed by atoms with Crippen molar-refractivity contribution in [2.24, 2.45) is 0 Å². The summed E-state index contributed by atoms with van der Waals surface area (Å²) in [7, 11) is -3.88. The second-order valence-electron chi connectivity index (χ2n) is 9.88. The van der Waals surface area contributed by atoms with E-state index in [2.05, 4.69) is 15.6 Å². The Morgan fingerprint density at radius 2 is 1.63 bits per heavy atom. The molecule has 0 radical (unpaired) electrons. The van der Waals surface area contributed by atoms with E-state index in [0.29, 0.717) is 5.56 Å². The lowest BCUT2D eigenvalue weighted by atomic mass is 10.0. The molecular formula is C31H30N4O5S. The van der Waals surface area contributed by atoms with Gasteiger partial charge >= 0.3 is 0 Å². The molecule has 2 N–H and O–H groups in total. The highest BCUT2D eigenvalue weighted by molar-refractivity contribution is 7.89. The maximum absolute atomic E-state index is 13.6. The first kappa shape index (κ1) is 28.1. The smallest absolute Gasteiger partial charge is 0.260 e. The Morgan fingerprint density at radius 1 is 0.902 bits per heavy atom. The fourth-order valence-electron chi connectivity index (χ4n) is 4.97. The number of pyridine rings is 1. The summed E-state index contributed by atoms with van der Waals surface area (Å²) in [5, 5.41) is 7.24. The Hall–Kier alpha value is -4.41. The van der Waals surface area contributed by atoms with Crippen LogP contribution in [0.3, 0.4) is 0 Å². The summed E-state index contributed by atoms with van der Waals surface area (Å²) < 4.78 is 27.3. The van der Waals surface area contributed by atoms with Crippen molar-refractivity contribution in [2.75, 3.05) is 13.1 Å². The standard InChI is InChI=1S/C31H30N4O5S/c36-28-17-20-35(41(39,40)29-15-6-7-18-32-29)19-16-26(28)33-31(38)27(21-22-9-2-1-3-10-22)34-30(37)25-14-8-12-23-11-4-5-13-24(23)25/h1-15,18,26-27H,16-17,19-21H2,(H,33,38)(H,34,37)/t26-,27+/m1/s1. The molecule has 0 spiro atoms. The normalized spacial score (nSPS) is 17.0. The maximum Gasteiger partial charge on any atom is 0.260 e. The molecule has 210 valence electrons. The van der Waals surface area contributed by atoms with Crippen LogP contribution in [0, 0.1) is 0 Å². The van der Waals surface area contributed by atoms with E-state index in [0.717, 1.165) is 16.3 Å². The lowest BCUT2D eigenvalue weighted by Gasteiger charge is -2.23. The quantitative estimate of drug-likeness (QED) is 0.335. The molecule has 41 heavy (non-hydrogen) atoms. The largest absolute Gasteiger partial charge is 0.344 e. The Balaban J connectivity index is 1.33. The van der Waals surface area contributed by atoms with Gasteiger partial charge in [-0.15, -0.1) is 0 Å². The second-order valence-corrected chi connectivity index (χ2v) is 11.8. The summed E-state index contributed by atoms with van der Waals surface area (Å²) in [6.45, 7) is 0.0384. The van der Waals surface area contributed by atoms with Crippen molar-refractivity contribution in [3.8, 4) is 0 Å². The Labute approximate surface area is 238 Å². The number of ketones is 1. The minimum absolute atomic E-state index is 0.00459. The number of benzene rings is 3. The Kier molecular flexibility index (Phi) is 8.51. The third-order valence-electron chi connectivity index (χ3n) is 7.16. The average molecular weight is 571 g/mol. The van der Waals surface area contributed by atoms with Crippen molar-refractivity contribution in [3.05, 3.63) is 108 Å². The van der Waals surface area contributed by atoms with Gasteiger partial charge in [-0.05, 0) is 41.0 Å². The minimum Gasteiger partial charge on any atom is -0.344 e. The molecule has 1 aliphatic rings. The number of rotatable bonds is 8. The molecule has 0 bridgehead atoms. The van der Waals surface area contributed by atoms with Crippen LogP contribution in [0.15, 0.2) is 102 Å². The minimum atomic E-state index is -3.88. The molecule has 10 heteroatoms. The molecule has 5 rings (SSSR count). The van der Waals surface area contributed by atoms with Gasteiger partial charge < -0.3 is 10.6 Å². The molecule has 1 fully saturated rings. The molecule has 0 aliphatic carbocycles. The number of nitrogens with zero attached hydrogens (tertiary/aromatic N) is 2. The summed E-state index contributed by atoms with van der Waals surface area (Å²) in [5.41, 5.74) is 1.28. The molecule has 4 aromatic rings. The summed E-state index contributed by atoms with van der Waals surface area (Å²) in [4.78, 5) is 44.0. The highest BCUT2D eigenvalue weighted by atomic mass is 32.2. The van der Waals surface area contributed by atoms with Gasteiger partial charge in [-0.25, -0.2) is 13.4 Å². The zero-order valence-electron chi connectivity index (χ0n) is 22.3. The first-order valence-electron chi connectivity index (χ1n) is 13.4. The van der Waals surface area contributed by atoms with E-state index in [9.17, 15) is 22.8 Å². The summed E-state index contributed by atoms with van der Waals surface area (Å²) in [6.07, 6.45) is 1.66. The van der Waals surface area contributed by atoms with Crippen LogP contribution >= 0.6 is 0 Å². The molecule has 1 saturated heterocycles. The SMILES string of the molecule is O=C(N[C@@H](Cc1ccccc1)C(=O)N[C@@H]1CCN(S(=O)(=O)c2ccccn2)CCC1=O)c1cccc2ccccc12. The summed E-state index contributed by atoms with van der Waals surface area (Å²) >= 11 is 0. The molecule has 3 aromatic carbocycles. The fraction of sp³-hybridized carbons (Fsp3) is 0.226. The molecule has 1 aliphatic heterocycles. The number of carbonyl (C=O) groups is 3. The van der Waals surface area contributed by atoms with Gasteiger partial charge in [-0.3, -0.25) is 14.4 Å². The van der Waals surface area contributed by atoms with Crippen molar-refractivity contribution in [1.29, 1.82) is 0 Å².